The number of aryl methyl sites for hydroxylation is 1. The van der Waals surface area contributed by atoms with Gasteiger partial charge in [0.2, 0.25) is 0 Å². The Bertz CT molecular complexity index is 524. The molecule has 1 aromatic rings. The van der Waals surface area contributed by atoms with Crippen molar-refractivity contribution in [3.8, 4) is 0 Å². The molecule has 1 N–H and O–H groups in total. The van der Waals surface area contributed by atoms with Crippen LogP contribution in [0.2, 0.25) is 0 Å². The molecule has 0 radical (unpaired) electrons. The van der Waals surface area contributed by atoms with Gasteiger partial charge in [-0.2, -0.15) is 0 Å². The molecule has 3 saturated carbocycles. The van der Waals surface area contributed by atoms with Crippen LogP contribution in [0.5, 0.6) is 0 Å². The Morgan fingerprint density at radius 2 is 1.95 bits per heavy atom. The summed E-state index contributed by atoms with van der Waals surface area (Å²) in [5.41, 5.74) is 2.09. The zero-order chi connectivity index (χ0) is 14.6. The highest BCUT2D eigenvalue weighted by molar-refractivity contribution is 5.30. The van der Waals surface area contributed by atoms with Crippen molar-refractivity contribution >= 4 is 0 Å². The van der Waals surface area contributed by atoms with Crippen LogP contribution >= 0.6 is 0 Å². The number of rotatable bonds is 5. The maximum absolute atomic E-state index is 13.6. The molecule has 114 valence electrons. The highest BCUT2D eigenvalue weighted by atomic mass is 19.1. The maximum atomic E-state index is 13.6. The first-order valence-electron chi connectivity index (χ1n) is 8.70. The van der Waals surface area contributed by atoms with Gasteiger partial charge in [0.15, 0.2) is 0 Å². The third kappa shape index (κ3) is 2.14. The Kier molecular flexibility index (Phi) is 3.33. The highest BCUT2D eigenvalue weighted by Gasteiger charge is 2.66. The molecule has 0 spiro atoms. The summed E-state index contributed by atoms with van der Waals surface area (Å²) in [4.78, 5) is 0. The molecule has 5 unspecified atom stereocenters. The van der Waals surface area contributed by atoms with Crippen molar-refractivity contribution in [2.45, 2.75) is 45.6 Å². The third-order valence-corrected chi connectivity index (χ3v) is 6.34. The molecule has 4 rings (SSSR count). The molecule has 2 bridgehead atoms. The van der Waals surface area contributed by atoms with Gasteiger partial charge in [-0.05, 0) is 85.9 Å². The molecule has 1 nitrogen and oxygen atoms in total. The summed E-state index contributed by atoms with van der Waals surface area (Å²) in [7, 11) is 0. The zero-order valence-corrected chi connectivity index (χ0v) is 13.1. The topological polar surface area (TPSA) is 12.0 Å². The van der Waals surface area contributed by atoms with E-state index < -0.39 is 0 Å². The molecule has 0 aliphatic heterocycles. The minimum absolute atomic E-state index is 0.0796. The summed E-state index contributed by atoms with van der Waals surface area (Å²) < 4.78 is 13.6. The first-order valence-corrected chi connectivity index (χ1v) is 8.70. The average Bonchev–Trinajstić information content (AvgIpc) is 2.90. The second kappa shape index (κ2) is 5.08. The molecule has 0 amide bonds. The van der Waals surface area contributed by atoms with E-state index in [0.29, 0.717) is 6.04 Å². The van der Waals surface area contributed by atoms with Crippen LogP contribution in [0.15, 0.2) is 18.2 Å². The predicted octanol–water partition coefficient (Wildman–Crippen LogP) is 4.47. The van der Waals surface area contributed by atoms with Gasteiger partial charge in [-0.1, -0.05) is 19.1 Å². The normalized spacial score (nSPS) is 37.6. The third-order valence-electron chi connectivity index (χ3n) is 6.34. The van der Waals surface area contributed by atoms with Crippen molar-refractivity contribution in [3.05, 3.63) is 35.1 Å². The van der Waals surface area contributed by atoms with Gasteiger partial charge in [-0.3, -0.25) is 0 Å². The lowest BCUT2D eigenvalue weighted by molar-refractivity contribution is 0.370. The van der Waals surface area contributed by atoms with Crippen molar-refractivity contribution in [2.24, 2.45) is 29.6 Å². The summed E-state index contributed by atoms with van der Waals surface area (Å²) in [6.45, 7) is 5.16. The first-order chi connectivity index (χ1) is 10.2. The van der Waals surface area contributed by atoms with Crippen molar-refractivity contribution in [2.75, 3.05) is 6.54 Å². The van der Waals surface area contributed by atoms with Crippen molar-refractivity contribution in [1.29, 1.82) is 0 Å². The summed E-state index contributed by atoms with van der Waals surface area (Å²) in [6, 6.07) is 6.17. The van der Waals surface area contributed by atoms with E-state index in [1.165, 1.54) is 24.8 Å². The Balaban J connectivity index is 1.59. The highest BCUT2D eigenvalue weighted by Crippen LogP contribution is 2.72. The monoisotopic (exact) mass is 287 g/mol. The van der Waals surface area contributed by atoms with E-state index in [-0.39, 0.29) is 5.82 Å². The zero-order valence-electron chi connectivity index (χ0n) is 13.1. The number of benzene rings is 1. The van der Waals surface area contributed by atoms with E-state index in [4.69, 9.17) is 0 Å². The second-order valence-electron chi connectivity index (χ2n) is 7.51. The van der Waals surface area contributed by atoms with Gasteiger partial charge in [-0.15, -0.1) is 0 Å². The smallest absolute Gasteiger partial charge is 0.126 e. The summed E-state index contributed by atoms with van der Waals surface area (Å²) in [5.74, 6) is 4.65. The Hall–Kier alpha value is -0.890. The van der Waals surface area contributed by atoms with Gasteiger partial charge >= 0.3 is 0 Å². The van der Waals surface area contributed by atoms with E-state index in [9.17, 15) is 4.39 Å². The van der Waals surface area contributed by atoms with Gasteiger partial charge in [0, 0.05) is 6.04 Å². The van der Waals surface area contributed by atoms with E-state index in [1.54, 1.807) is 6.07 Å². The Morgan fingerprint density at radius 3 is 2.57 bits per heavy atom. The van der Waals surface area contributed by atoms with Gasteiger partial charge in [0.25, 0.3) is 0 Å². The van der Waals surface area contributed by atoms with Crippen LogP contribution in [0.1, 0.15) is 49.8 Å². The average molecular weight is 287 g/mol. The molecule has 3 fully saturated rings. The standard InChI is InChI=1S/C19H26FN/c1-3-8-21-19(14-6-7-15(20)11(2)9-14)18-16-12-4-5-13(10-12)17(16)18/h6-7,9,12-13,16-19,21H,3-5,8,10H2,1-2H3. The minimum atomic E-state index is -0.0796. The number of hydrogen-bond donors (Lipinski definition) is 1. The lowest BCUT2D eigenvalue weighted by atomic mass is 9.92. The number of halogens is 1. The number of fused-ring (bicyclic) bond motifs is 5. The lowest BCUT2D eigenvalue weighted by Crippen LogP contribution is -2.26. The van der Waals surface area contributed by atoms with Gasteiger partial charge in [0.1, 0.15) is 5.82 Å². The van der Waals surface area contributed by atoms with Crippen LogP contribution in [0.25, 0.3) is 0 Å². The summed E-state index contributed by atoms with van der Waals surface area (Å²) in [5, 5.41) is 3.77. The van der Waals surface area contributed by atoms with Gasteiger partial charge in [0.05, 0.1) is 0 Å². The fraction of sp³-hybridized carbons (Fsp3) is 0.684. The van der Waals surface area contributed by atoms with E-state index in [2.05, 4.69) is 18.3 Å². The fourth-order valence-corrected chi connectivity index (χ4v) is 5.48. The van der Waals surface area contributed by atoms with Gasteiger partial charge in [-0.25, -0.2) is 4.39 Å². The van der Waals surface area contributed by atoms with E-state index in [1.807, 2.05) is 13.0 Å². The number of hydrogen-bond acceptors (Lipinski definition) is 1. The van der Waals surface area contributed by atoms with Crippen LogP contribution < -0.4 is 5.32 Å². The van der Waals surface area contributed by atoms with Crippen molar-refractivity contribution in [3.63, 3.8) is 0 Å². The molecule has 5 atom stereocenters. The molecular weight excluding hydrogens is 261 g/mol. The Labute approximate surface area is 127 Å². The van der Waals surface area contributed by atoms with Crippen LogP contribution in [-0.4, -0.2) is 6.54 Å². The van der Waals surface area contributed by atoms with Gasteiger partial charge < -0.3 is 5.32 Å². The largest absolute Gasteiger partial charge is 0.310 e. The SMILES string of the molecule is CCCNC(c1ccc(F)c(C)c1)C1C2C3CCC(C3)C21. The molecule has 21 heavy (non-hydrogen) atoms. The lowest BCUT2D eigenvalue weighted by Gasteiger charge is -2.23. The van der Waals surface area contributed by atoms with Crippen LogP contribution in [0, 0.1) is 42.3 Å². The molecule has 3 aliphatic rings. The molecule has 0 heterocycles. The van der Waals surface area contributed by atoms with Crippen LogP contribution in [0.4, 0.5) is 4.39 Å². The quantitative estimate of drug-likeness (QED) is 0.842. The fourth-order valence-electron chi connectivity index (χ4n) is 5.48. The van der Waals surface area contributed by atoms with E-state index in [0.717, 1.165) is 48.1 Å². The first kappa shape index (κ1) is 13.8. The van der Waals surface area contributed by atoms with E-state index >= 15 is 0 Å². The summed E-state index contributed by atoms with van der Waals surface area (Å²) in [6.07, 6.45) is 5.58. The minimum Gasteiger partial charge on any atom is -0.310 e. The number of nitrogens with one attached hydrogen (secondary N) is 1. The second-order valence-corrected chi connectivity index (χ2v) is 7.51. The predicted molar refractivity (Wildman–Crippen MR) is 83.5 cm³/mol. The van der Waals surface area contributed by atoms with Crippen molar-refractivity contribution in [1.82, 2.24) is 5.32 Å². The summed E-state index contributed by atoms with van der Waals surface area (Å²) >= 11 is 0. The molecule has 1 aromatic carbocycles. The Morgan fingerprint density at radius 1 is 1.24 bits per heavy atom. The molecule has 0 saturated heterocycles. The molecule has 2 heteroatoms. The van der Waals surface area contributed by atoms with Crippen LogP contribution in [0.3, 0.4) is 0 Å². The molecular formula is C19H26FN. The van der Waals surface area contributed by atoms with Crippen LogP contribution in [-0.2, 0) is 0 Å². The van der Waals surface area contributed by atoms with Crippen molar-refractivity contribution < 1.29 is 4.39 Å². The maximum Gasteiger partial charge on any atom is 0.126 e. The molecule has 3 aliphatic carbocycles. The molecule has 0 aromatic heterocycles.